The predicted octanol–water partition coefficient (Wildman–Crippen LogP) is 0.525. The lowest BCUT2D eigenvalue weighted by Gasteiger charge is -2.34. The zero-order valence-corrected chi connectivity index (χ0v) is 10.4. The highest BCUT2D eigenvalue weighted by molar-refractivity contribution is 5.91. The maximum Gasteiger partial charge on any atom is 0.243 e. The normalized spacial score (nSPS) is 33.3. The fourth-order valence-electron chi connectivity index (χ4n) is 3.43. The molecule has 0 unspecified atom stereocenters. The molecule has 0 spiro atoms. The van der Waals surface area contributed by atoms with E-state index in [1.165, 1.54) is 0 Å². The first kappa shape index (κ1) is 11.6. The van der Waals surface area contributed by atoms with Crippen LogP contribution in [-0.2, 0) is 9.59 Å². The summed E-state index contributed by atoms with van der Waals surface area (Å²) >= 11 is 0. The molecule has 18 heavy (non-hydrogen) atoms. The van der Waals surface area contributed by atoms with Crippen molar-refractivity contribution in [1.29, 1.82) is 0 Å². The summed E-state index contributed by atoms with van der Waals surface area (Å²) in [4.78, 5) is 26.3. The van der Waals surface area contributed by atoms with Crippen LogP contribution < -0.4 is 5.32 Å². The molecule has 2 amide bonds. The molecule has 0 aromatic carbocycles. The summed E-state index contributed by atoms with van der Waals surface area (Å²) < 4.78 is 0. The van der Waals surface area contributed by atoms with Gasteiger partial charge in [0.15, 0.2) is 0 Å². The maximum absolute atomic E-state index is 12.3. The van der Waals surface area contributed by atoms with Crippen LogP contribution in [0.4, 0.5) is 0 Å². The van der Waals surface area contributed by atoms with Crippen molar-refractivity contribution in [2.45, 2.75) is 44.2 Å². The van der Waals surface area contributed by atoms with E-state index in [2.05, 4.69) is 11.2 Å². The van der Waals surface area contributed by atoms with Crippen LogP contribution in [0.15, 0.2) is 0 Å². The lowest BCUT2D eigenvalue weighted by molar-refractivity contribution is -0.143. The zero-order valence-electron chi connectivity index (χ0n) is 10.4. The van der Waals surface area contributed by atoms with Gasteiger partial charge in [0, 0.05) is 12.0 Å². The highest BCUT2D eigenvalue weighted by Crippen LogP contribution is 2.45. The van der Waals surface area contributed by atoms with Gasteiger partial charge in [-0.1, -0.05) is 5.92 Å². The van der Waals surface area contributed by atoms with Gasteiger partial charge in [-0.05, 0) is 38.0 Å². The Morgan fingerprint density at radius 1 is 1.28 bits per heavy atom. The van der Waals surface area contributed by atoms with Crippen molar-refractivity contribution < 1.29 is 9.59 Å². The Balaban J connectivity index is 1.75. The molecule has 4 heteroatoms. The molecule has 1 saturated heterocycles. The Hall–Kier alpha value is -1.50. The van der Waals surface area contributed by atoms with Gasteiger partial charge in [0.1, 0.15) is 6.04 Å². The van der Waals surface area contributed by atoms with Crippen molar-refractivity contribution >= 4 is 11.8 Å². The first-order valence-electron chi connectivity index (χ1n) is 6.75. The number of amides is 2. The fourth-order valence-corrected chi connectivity index (χ4v) is 3.43. The van der Waals surface area contributed by atoms with Crippen LogP contribution in [0.3, 0.4) is 0 Å². The molecule has 0 radical (unpaired) electrons. The molecule has 2 bridgehead atoms. The van der Waals surface area contributed by atoms with Crippen molar-refractivity contribution in [1.82, 2.24) is 10.2 Å². The Bertz CT molecular complexity index is 422. The topological polar surface area (TPSA) is 49.4 Å². The molecule has 96 valence electrons. The van der Waals surface area contributed by atoms with Gasteiger partial charge in [0.05, 0.1) is 6.54 Å². The molecule has 2 saturated carbocycles. The Kier molecular flexibility index (Phi) is 2.77. The molecular weight excluding hydrogens is 228 g/mol. The summed E-state index contributed by atoms with van der Waals surface area (Å²) in [6.07, 6.45) is 10.3. The van der Waals surface area contributed by atoms with Crippen LogP contribution >= 0.6 is 0 Å². The van der Waals surface area contributed by atoms with Crippen LogP contribution in [0.25, 0.3) is 0 Å². The number of hydrogen-bond donors (Lipinski definition) is 1. The summed E-state index contributed by atoms with van der Waals surface area (Å²) in [6.45, 7) is 0.248. The second kappa shape index (κ2) is 4.31. The molecule has 0 aromatic rings. The van der Waals surface area contributed by atoms with E-state index >= 15 is 0 Å². The molecule has 3 rings (SSSR count). The average Bonchev–Trinajstić information content (AvgIpc) is 3.03. The van der Waals surface area contributed by atoms with E-state index in [0.29, 0.717) is 12.0 Å². The quantitative estimate of drug-likeness (QED) is 0.738. The molecular formula is C14H18N2O2. The minimum Gasteiger partial charge on any atom is -0.343 e. The minimum absolute atomic E-state index is 0.0610. The van der Waals surface area contributed by atoms with Crippen molar-refractivity contribution in [2.24, 2.45) is 11.8 Å². The van der Waals surface area contributed by atoms with Crippen LogP contribution in [-0.4, -0.2) is 35.3 Å². The van der Waals surface area contributed by atoms with E-state index in [9.17, 15) is 9.59 Å². The third-order valence-corrected chi connectivity index (χ3v) is 4.40. The second-order valence-corrected chi connectivity index (χ2v) is 5.61. The van der Waals surface area contributed by atoms with Gasteiger partial charge in [0.25, 0.3) is 0 Å². The van der Waals surface area contributed by atoms with Gasteiger partial charge in [-0.3, -0.25) is 9.59 Å². The highest BCUT2D eigenvalue weighted by atomic mass is 16.2. The number of piperidine rings is 1. The van der Waals surface area contributed by atoms with Crippen molar-refractivity contribution in [2.75, 3.05) is 6.54 Å². The number of carbonyl (C=O) groups excluding carboxylic acids is 2. The van der Waals surface area contributed by atoms with Gasteiger partial charge in [-0.15, -0.1) is 6.42 Å². The van der Waals surface area contributed by atoms with E-state index in [0.717, 1.165) is 32.1 Å². The van der Waals surface area contributed by atoms with E-state index in [4.69, 9.17) is 6.42 Å². The predicted molar refractivity (Wildman–Crippen MR) is 66.3 cm³/mol. The smallest absolute Gasteiger partial charge is 0.243 e. The van der Waals surface area contributed by atoms with E-state index in [-0.39, 0.29) is 30.3 Å². The molecule has 4 nitrogen and oxygen atoms in total. The summed E-state index contributed by atoms with van der Waals surface area (Å²) in [5.74, 6) is 3.08. The van der Waals surface area contributed by atoms with Gasteiger partial charge >= 0.3 is 0 Å². The number of rotatable bonds is 3. The molecule has 2 aliphatic carbocycles. The third kappa shape index (κ3) is 1.78. The third-order valence-electron chi connectivity index (χ3n) is 4.40. The van der Waals surface area contributed by atoms with Crippen molar-refractivity contribution in [3.05, 3.63) is 0 Å². The molecule has 3 aliphatic rings. The maximum atomic E-state index is 12.3. The number of fused-ring (bicyclic) bond motifs is 2. The summed E-state index contributed by atoms with van der Waals surface area (Å²) in [7, 11) is 0. The summed E-state index contributed by atoms with van der Waals surface area (Å²) in [5.41, 5.74) is 0. The van der Waals surface area contributed by atoms with Gasteiger partial charge < -0.3 is 10.2 Å². The molecule has 3 atom stereocenters. The fraction of sp³-hybridized carbons (Fsp3) is 0.714. The van der Waals surface area contributed by atoms with E-state index in [1.54, 1.807) is 0 Å². The Morgan fingerprint density at radius 2 is 2.06 bits per heavy atom. The van der Waals surface area contributed by atoms with Crippen molar-refractivity contribution in [3.8, 4) is 12.3 Å². The first-order chi connectivity index (χ1) is 8.72. The number of hydrogen-bond acceptors (Lipinski definition) is 2. The second-order valence-electron chi connectivity index (χ2n) is 5.61. The lowest BCUT2D eigenvalue weighted by Crippen LogP contribution is -2.53. The highest BCUT2D eigenvalue weighted by Gasteiger charge is 2.53. The van der Waals surface area contributed by atoms with Gasteiger partial charge in [0.2, 0.25) is 11.8 Å². The monoisotopic (exact) mass is 246 g/mol. The number of likely N-dealkylation sites (tertiary alicyclic amines) is 1. The summed E-state index contributed by atoms with van der Waals surface area (Å²) in [5, 5.41) is 2.73. The summed E-state index contributed by atoms with van der Waals surface area (Å²) in [6, 6.07) is 0.0369. The SMILES string of the molecule is C#CCNC(=O)[C@H]1[C@H]2CC[C@@H](C2)N1C(=O)C1CC1. The van der Waals surface area contributed by atoms with Crippen LogP contribution in [0.2, 0.25) is 0 Å². The Morgan fingerprint density at radius 3 is 2.72 bits per heavy atom. The molecule has 1 N–H and O–H groups in total. The number of terminal acetylenes is 1. The standard InChI is InChI=1S/C14H18N2O2/c1-2-7-15-13(17)12-10-5-6-11(8-10)16(12)14(18)9-3-4-9/h1,9-12H,3-8H2,(H,15,17)/t10-,11-,12+/m0/s1. The van der Waals surface area contributed by atoms with Crippen LogP contribution in [0.5, 0.6) is 0 Å². The zero-order chi connectivity index (χ0) is 12.7. The molecule has 3 fully saturated rings. The van der Waals surface area contributed by atoms with Gasteiger partial charge in [-0.25, -0.2) is 0 Å². The number of nitrogens with zero attached hydrogens (tertiary/aromatic N) is 1. The van der Waals surface area contributed by atoms with Crippen LogP contribution in [0, 0.1) is 24.2 Å². The first-order valence-corrected chi connectivity index (χ1v) is 6.75. The minimum atomic E-state index is -0.259. The lowest BCUT2D eigenvalue weighted by atomic mass is 9.97. The van der Waals surface area contributed by atoms with E-state index < -0.39 is 0 Å². The molecule has 0 aromatic heterocycles. The number of carbonyl (C=O) groups is 2. The molecule has 1 heterocycles. The Labute approximate surface area is 107 Å². The van der Waals surface area contributed by atoms with Crippen LogP contribution in [0.1, 0.15) is 32.1 Å². The van der Waals surface area contributed by atoms with E-state index in [1.807, 2.05) is 4.90 Å². The largest absolute Gasteiger partial charge is 0.343 e. The average molecular weight is 246 g/mol. The van der Waals surface area contributed by atoms with Gasteiger partial charge in [-0.2, -0.15) is 0 Å². The molecule has 1 aliphatic heterocycles. The van der Waals surface area contributed by atoms with Crippen molar-refractivity contribution in [3.63, 3.8) is 0 Å². The number of nitrogens with one attached hydrogen (secondary N) is 1.